The van der Waals surface area contributed by atoms with Crippen molar-refractivity contribution >= 4 is 5.91 Å². The van der Waals surface area contributed by atoms with Crippen LogP contribution in [-0.2, 0) is 4.84 Å². The third kappa shape index (κ3) is 2.16. The van der Waals surface area contributed by atoms with Crippen molar-refractivity contribution in [2.24, 2.45) is 0 Å². The zero-order chi connectivity index (χ0) is 11.4. The highest BCUT2D eigenvalue weighted by Gasteiger charge is 2.19. The molecule has 0 aliphatic rings. The molecule has 0 saturated heterocycles. The number of pyridine rings is 1. The van der Waals surface area contributed by atoms with Crippen LogP contribution in [0.25, 0.3) is 0 Å². The first kappa shape index (κ1) is 11.3. The molecule has 1 rings (SSSR count). The molecule has 1 N–H and O–H groups in total. The molecule has 0 saturated carbocycles. The molecule has 1 heterocycles. The first-order chi connectivity index (χ1) is 7.11. The van der Waals surface area contributed by atoms with Crippen LogP contribution in [0.5, 0.6) is 11.6 Å². The van der Waals surface area contributed by atoms with Crippen LogP contribution in [0.15, 0.2) is 12.3 Å². The van der Waals surface area contributed by atoms with Crippen LogP contribution in [0.2, 0.25) is 0 Å². The van der Waals surface area contributed by atoms with Crippen LogP contribution in [0.4, 0.5) is 0 Å². The number of hydrogen-bond acceptors (Lipinski definition) is 5. The standard InChI is InChI=1S/C9H12N2O4/c1-11(15-3)9(13)6-4-5-10-8(14-2)7(6)12/h4-5,12H,1-3H3. The monoisotopic (exact) mass is 212 g/mol. The van der Waals surface area contributed by atoms with E-state index in [0.29, 0.717) is 0 Å². The van der Waals surface area contributed by atoms with Gasteiger partial charge in [-0.1, -0.05) is 0 Å². The Morgan fingerprint density at radius 2 is 2.20 bits per heavy atom. The van der Waals surface area contributed by atoms with Gasteiger partial charge in [-0.15, -0.1) is 0 Å². The molecule has 0 unspecified atom stereocenters. The third-order valence-corrected chi connectivity index (χ3v) is 1.87. The predicted molar refractivity (Wildman–Crippen MR) is 51.6 cm³/mol. The van der Waals surface area contributed by atoms with Gasteiger partial charge < -0.3 is 9.84 Å². The van der Waals surface area contributed by atoms with E-state index in [4.69, 9.17) is 9.57 Å². The molecule has 0 aliphatic carbocycles. The highest BCUT2D eigenvalue weighted by molar-refractivity contribution is 5.96. The number of methoxy groups -OCH3 is 1. The molecule has 0 aliphatic heterocycles. The molecular weight excluding hydrogens is 200 g/mol. The van der Waals surface area contributed by atoms with Crippen molar-refractivity contribution in [1.29, 1.82) is 0 Å². The Balaban J connectivity index is 3.09. The Bertz CT molecular complexity index is 367. The Labute approximate surface area is 87.0 Å². The van der Waals surface area contributed by atoms with E-state index in [1.165, 1.54) is 33.5 Å². The zero-order valence-corrected chi connectivity index (χ0v) is 8.72. The van der Waals surface area contributed by atoms with E-state index in [9.17, 15) is 9.90 Å². The first-order valence-corrected chi connectivity index (χ1v) is 4.16. The minimum atomic E-state index is -0.476. The van der Waals surface area contributed by atoms with Crippen molar-refractivity contribution in [3.63, 3.8) is 0 Å². The Morgan fingerprint density at radius 1 is 1.53 bits per heavy atom. The quantitative estimate of drug-likeness (QED) is 0.735. The second-order valence-corrected chi connectivity index (χ2v) is 2.70. The number of carbonyl (C=O) groups is 1. The maximum Gasteiger partial charge on any atom is 0.281 e. The third-order valence-electron chi connectivity index (χ3n) is 1.87. The minimum Gasteiger partial charge on any atom is -0.503 e. The second kappa shape index (κ2) is 4.61. The summed E-state index contributed by atoms with van der Waals surface area (Å²) in [6.07, 6.45) is 1.37. The smallest absolute Gasteiger partial charge is 0.281 e. The zero-order valence-electron chi connectivity index (χ0n) is 8.72. The van der Waals surface area contributed by atoms with Crippen molar-refractivity contribution in [2.75, 3.05) is 21.3 Å². The molecule has 1 amide bonds. The summed E-state index contributed by atoms with van der Waals surface area (Å²) in [5.41, 5.74) is 0.0752. The predicted octanol–water partition coefficient (Wildman–Crippen LogP) is 0.429. The average molecular weight is 212 g/mol. The number of rotatable bonds is 3. The number of nitrogens with zero attached hydrogens (tertiary/aromatic N) is 2. The van der Waals surface area contributed by atoms with Crippen LogP contribution in [0.1, 0.15) is 10.4 Å². The molecule has 82 valence electrons. The SMILES string of the molecule is COc1nccc(C(=O)N(C)OC)c1O. The van der Waals surface area contributed by atoms with Crippen molar-refractivity contribution in [3.05, 3.63) is 17.8 Å². The molecule has 0 aromatic carbocycles. The van der Waals surface area contributed by atoms with E-state index >= 15 is 0 Å². The topological polar surface area (TPSA) is 71.9 Å². The lowest BCUT2D eigenvalue weighted by Gasteiger charge is -2.14. The van der Waals surface area contributed by atoms with Gasteiger partial charge in [0, 0.05) is 13.2 Å². The van der Waals surface area contributed by atoms with Gasteiger partial charge in [-0.05, 0) is 6.07 Å². The van der Waals surface area contributed by atoms with Crippen molar-refractivity contribution in [2.45, 2.75) is 0 Å². The Kier molecular flexibility index (Phi) is 3.46. The lowest BCUT2D eigenvalue weighted by atomic mass is 10.2. The van der Waals surface area contributed by atoms with Gasteiger partial charge in [0.1, 0.15) is 0 Å². The maximum atomic E-state index is 11.6. The van der Waals surface area contributed by atoms with E-state index in [0.717, 1.165) is 5.06 Å². The highest BCUT2D eigenvalue weighted by Crippen LogP contribution is 2.27. The van der Waals surface area contributed by atoms with Gasteiger partial charge >= 0.3 is 0 Å². The van der Waals surface area contributed by atoms with E-state index in [1.807, 2.05) is 0 Å². The lowest BCUT2D eigenvalue weighted by Crippen LogP contribution is -2.25. The van der Waals surface area contributed by atoms with E-state index in [2.05, 4.69) is 4.98 Å². The normalized spacial score (nSPS) is 9.80. The summed E-state index contributed by atoms with van der Waals surface area (Å²) >= 11 is 0. The van der Waals surface area contributed by atoms with Crippen LogP contribution < -0.4 is 4.74 Å². The fourth-order valence-electron chi connectivity index (χ4n) is 1.01. The Morgan fingerprint density at radius 3 is 2.73 bits per heavy atom. The molecule has 0 fully saturated rings. The van der Waals surface area contributed by atoms with Gasteiger partial charge in [-0.3, -0.25) is 9.63 Å². The van der Waals surface area contributed by atoms with Crippen LogP contribution in [-0.4, -0.2) is 42.3 Å². The fourth-order valence-corrected chi connectivity index (χ4v) is 1.01. The summed E-state index contributed by atoms with van der Waals surface area (Å²) in [7, 11) is 4.15. The van der Waals surface area contributed by atoms with Gasteiger partial charge in [0.25, 0.3) is 11.8 Å². The van der Waals surface area contributed by atoms with E-state index < -0.39 is 5.91 Å². The first-order valence-electron chi connectivity index (χ1n) is 4.16. The van der Waals surface area contributed by atoms with E-state index in [-0.39, 0.29) is 17.2 Å². The summed E-state index contributed by atoms with van der Waals surface area (Å²) < 4.78 is 4.78. The van der Waals surface area contributed by atoms with Gasteiger partial charge in [-0.25, -0.2) is 10.0 Å². The summed E-state index contributed by atoms with van der Waals surface area (Å²) in [5.74, 6) is -0.769. The average Bonchev–Trinajstić information content (AvgIpc) is 2.27. The number of hydroxylamine groups is 2. The molecule has 1 aromatic rings. The van der Waals surface area contributed by atoms with Gasteiger partial charge in [0.05, 0.1) is 19.8 Å². The second-order valence-electron chi connectivity index (χ2n) is 2.70. The molecule has 6 nitrogen and oxygen atoms in total. The van der Waals surface area contributed by atoms with Crippen LogP contribution >= 0.6 is 0 Å². The molecule has 15 heavy (non-hydrogen) atoms. The number of aromatic nitrogens is 1. The van der Waals surface area contributed by atoms with Gasteiger partial charge in [0.15, 0.2) is 5.75 Å². The van der Waals surface area contributed by atoms with Crippen LogP contribution in [0, 0.1) is 0 Å². The molecule has 0 radical (unpaired) electrons. The minimum absolute atomic E-state index is 0.00496. The van der Waals surface area contributed by atoms with Crippen molar-refractivity contribution in [1.82, 2.24) is 10.0 Å². The Hall–Kier alpha value is -1.82. The highest BCUT2D eigenvalue weighted by atomic mass is 16.7. The van der Waals surface area contributed by atoms with E-state index in [1.54, 1.807) is 0 Å². The maximum absolute atomic E-state index is 11.6. The largest absolute Gasteiger partial charge is 0.503 e. The summed E-state index contributed by atoms with van der Waals surface area (Å²) in [5, 5.41) is 10.6. The lowest BCUT2D eigenvalue weighted by molar-refractivity contribution is -0.0758. The number of carbonyl (C=O) groups excluding carboxylic acids is 1. The number of aromatic hydroxyl groups is 1. The molecule has 0 spiro atoms. The van der Waals surface area contributed by atoms with Crippen molar-refractivity contribution in [3.8, 4) is 11.6 Å². The molecular formula is C9H12N2O4. The number of hydrogen-bond donors (Lipinski definition) is 1. The summed E-state index contributed by atoms with van der Waals surface area (Å²) in [6.45, 7) is 0. The molecule has 1 aromatic heterocycles. The molecule has 0 bridgehead atoms. The fraction of sp³-hybridized carbons (Fsp3) is 0.333. The molecule has 6 heteroatoms. The molecule has 0 atom stereocenters. The summed E-state index contributed by atoms with van der Waals surface area (Å²) in [6, 6.07) is 1.38. The van der Waals surface area contributed by atoms with Gasteiger partial charge in [-0.2, -0.15) is 0 Å². The summed E-state index contributed by atoms with van der Waals surface area (Å²) in [4.78, 5) is 20.1. The van der Waals surface area contributed by atoms with Crippen molar-refractivity contribution < 1.29 is 19.5 Å². The van der Waals surface area contributed by atoms with Gasteiger partial charge in [0.2, 0.25) is 0 Å². The number of amides is 1. The number of ether oxygens (including phenoxy) is 1. The van der Waals surface area contributed by atoms with Crippen LogP contribution in [0.3, 0.4) is 0 Å².